The molecule has 0 bridgehead atoms. The van der Waals surface area contributed by atoms with Gasteiger partial charge in [-0.05, 0) is 74.3 Å². The number of anilines is 3. The van der Waals surface area contributed by atoms with Gasteiger partial charge in [-0.25, -0.2) is 4.98 Å². The summed E-state index contributed by atoms with van der Waals surface area (Å²) in [6.07, 6.45) is 0.723. The first-order valence-corrected chi connectivity index (χ1v) is 12.1. The molecule has 39 heavy (non-hydrogen) atoms. The molecule has 198 valence electrons. The molecule has 1 amide bonds. The van der Waals surface area contributed by atoms with Crippen molar-refractivity contribution in [2.75, 3.05) is 24.7 Å². The van der Waals surface area contributed by atoms with E-state index in [1.165, 1.54) is 12.1 Å². The number of nitrogens with one attached hydrogen (secondary N) is 3. The number of aromatic amines is 1. The molecule has 0 unspecified atom stereocenters. The minimum absolute atomic E-state index is 0.0611. The Balaban J connectivity index is 1.50. The van der Waals surface area contributed by atoms with Gasteiger partial charge >= 0.3 is 6.18 Å². The Morgan fingerprint density at radius 3 is 2.59 bits per heavy atom. The molecule has 0 radical (unpaired) electrons. The topological polar surface area (TPSA) is 85.9 Å². The zero-order chi connectivity index (χ0) is 27.6. The van der Waals surface area contributed by atoms with E-state index in [1.807, 2.05) is 49.3 Å². The molecule has 0 aliphatic rings. The molecule has 0 saturated carbocycles. The van der Waals surface area contributed by atoms with Crippen LogP contribution in [0.1, 0.15) is 21.5 Å². The average Bonchev–Trinajstić information content (AvgIpc) is 3.39. The lowest BCUT2D eigenvalue weighted by Gasteiger charge is -2.18. The number of carbonyl (C=O) groups is 1. The summed E-state index contributed by atoms with van der Waals surface area (Å²) in [5.74, 6) is -0.522. The largest absolute Gasteiger partial charge is 0.416 e. The van der Waals surface area contributed by atoms with E-state index in [1.54, 1.807) is 30.7 Å². The third kappa shape index (κ3) is 5.91. The number of aromatic nitrogens is 3. The summed E-state index contributed by atoms with van der Waals surface area (Å²) in [5.41, 5.74) is 4.16. The molecule has 3 N–H and O–H groups in total. The predicted octanol–water partition coefficient (Wildman–Crippen LogP) is 6.70. The summed E-state index contributed by atoms with van der Waals surface area (Å²) in [6.45, 7) is 0.592. The van der Waals surface area contributed by atoms with Crippen molar-refractivity contribution in [2.45, 2.75) is 12.7 Å². The van der Waals surface area contributed by atoms with Crippen LogP contribution in [0.3, 0.4) is 0 Å². The number of nitrogens with zero attached hydrogens (tertiary/aromatic N) is 3. The van der Waals surface area contributed by atoms with Gasteiger partial charge in [0, 0.05) is 53.0 Å². The third-order valence-electron chi connectivity index (χ3n) is 6.06. The first kappa shape index (κ1) is 25.9. The number of benzene rings is 2. The SMILES string of the molecule is CN(C)Cc1ccc(C(=O)Nc2cccc(C(F)(F)F)c2)cc1Nc1cc(-c2cccnc2)nc2[nH]ccc12. The van der Waals surface area contributed by atoms with Gasteiger partial charge in [-0.2, -0.15) is 13.2 Å². The number of pyridine rings is 2. The molecule has 0 aliphatic carbocycles. The van der Waals surface area contributed by atoms with E-state index in [4.69, 9.17) is 4.98 Å². The Labute approximate surface area is 222 Å². The molecule has 0 atom stereocenters. The molecule has 5 aromatic rings. The van der Waals surface area contributed by atoms with Gasteiger partial charge in [0.15, 0.2) is 0 Å². The lowest BCUT2D eigenvalue weighted by molar-refractivity contribution is -0.137. The molecule has 3 heterocycles. The fraction of sp³-hybridized carbons (Fsp3) is 0.138. The van der Waals surface area contributed by atoms with E-state index in [9.17, 15) is 18.0 Å². The number of carbonyl (C=O) groups excluding carboxylic acids is 1. The van der Waals surface area contributed by atoms with E-state index >= 15 is 0 Å². The number of hydrogen-bond acceptors (Lipinski definition) is 5. The molecule has 3 aromatic heterocycles. The van der Waals surface area contributed by atoms with Crippen LogP contribution < -0.4 is 10.6 Å². The first-order chi connectivity index (χ1) is 18.7. The highest BCUT2D eigenvalue weighted by atomic mass is 19.4. The molecule has 10 heteroatoms. The Morgan fingerprint density at radius 2 is 1.85 bits per heavy atom. The molecule has 0 saturated heterocycles. The highest BCUT2D eigenvalue weighted by molar-refractivity contribution is 6.05. The van der Waals surface area contributed by atoms with Crippen molar-refractivity contribution in [1.82, 2.24) is 19.9 Å². The maximum atomic E-state index is 13.1. The van der Waals surface area contributed by atoms with Gasteiger partial charge in [0.2, 0.25) is 0 Å². The summed E-state index contributed by atoms with van der Waals surface area (Å²) in [4.78, 5) is 27.1. The molecule has 0 spiro atoms. The van der Waals surface area contributed by atoms with Crippen molar-refractivity contribution < 1.29 is 18.0 Å². The van der Waals surface area contributed by atoms with Crippen LogP contribution in [0.15, 0.2) is 85.3 Å². The Hall–Kier alpha value is -4.70. The van der Waals surface area contributed by atoms with E-state index in [0.29, 0.717) is 29.1 Å². The Bertz CT molecular complexity index is 1630. The van der Waals surface area contributed by atoms with E-state index in [0.717, 1.165) is 34.3 Å². The van der Waals surface area contributed by atoms with Crippen molar-refractivity contribution in [3.63, 3.8) is 0 Å². The summed E-state index contributed by atoms with van der Waals surface area (Å²) in [7, 11) is 3.88. The monoisotopic (exact) mass is 530 g/mol. The molecule has 2 aromatic carbocycles. The normalized spacial score (nSPS) is 11.6. The summed E-state index contributed by atoms with van der Waals surface area (Å²) < 4.78 is 39.4. The second-order valence-corrected chi connectivity index (χ2v) is 9.30. The number of fused-ring (bicyclic) bond motifs is 1. The van der Waals surface area contributed by atoms with Gasteiger partial charge < -0.3 is 20.5 Å². The van der Waals surface area contributed by atoms with Crippen LogP contribution in [0.25, 0.3) is 22.3 Å². The zero-order valence-electron chi connectivity index (χ0n) is 21.2. The van der Waals surface area contributed by atoms with Gasteiger partial charge in [0.1, 0.15) is 5.65 Å². The van der Waals surface area contributed by atoms with Crippen molar-refractivity contribution in [3.8, 4) is 11.3 Å². The van der Waals surface area contributed by atoms with Crippen molar-refractivity contribution in [3.05, 3.63) is 102 Å². The summed E-state index contributed by atoms with van der Waals surface area (Å²) in [6, 6.07) is 17.3. The molecular formula is C29H25F3N6O. The van der Waals surface area contributed by atoms with Gasteiger partial charge in [0.05, 0.1) is 16.9 Å². The average molecular weight is 531 g/mol. The summed E-state index contributed by atoms with van der Waals surface area (Å²) >= 11 is 0. The third-order valence-corrected chi connectivity index (χ3v) is 6.06. The Morgan fingerprint density at radius 1 is 1.00 bits per heavy atom. The number of hydrogen-bond donors (Lipinski definition) is 3. The van der Waals surface area contributed by atoms with Crippen LogP contribution >= 0.6 is 0 Å². The lowest BCUT2D eigenvalue weighted by Crippen LogP contribution is -2.15. The van der Waals surface area contributed by atoms with Crippen LogP contribution in [0.2, 0.25) is 0 Å². The van der Waals surface area contributed by atoms with E-state index in [-0.39, 0.29) is 5.69 Å². The summed E-state index contributed by atoms with van der Waals surface area (Å²) in [5, 5.41) is 6.91. The van der Waals surface area contributed by atoms with Crippen molar-refractivity contribution in [1.29, 1.82) is 0 Å². The highest BCUT2D eigenvalue weighted by Crippen LogP contribution is 2.33. The maximum absolute atomic E-state index is 13.1. The minimum atomic E-state index is -4.51. The van der Waals surface area contributed by atoms with Crippen molar-refractivity contribution >= 4 is 34.0 Å². The van der Waals surface area contributed by atoms with Crippen molar-refractivity contribution in [2.24, 2.45) is 0 Å². The maximum Gasteiger partial charge on any atom is 0.416 e. The standard InChI is InChI=1S/C29H25F3N6O/c1-38(2)17-20-9-8-18(28(39)35-22-7-3-6-21(14-22)29(30,31)32)13-24(20)36-26-15-25(19-5-4-11-33-16-19)37-27-23(26)10-12-34-27/h3-16H,17H2,1-2H3,(H,35,39)(H2,34,36,37). The molecule has 5 rings (SSSR count). The van der Waals surface area contributed by atoms with Gasteiger partial charge in [-0.15, -0.1) is 0 Å². The van der Waals surface area contributed by atoms with E-state index < -0.39 is 17.6 Å². The van der Waals surface area contributed by atoms with Crippen LogP contribution in [0.4, 0.5) is 30.2 Å². The first-order valence-electron chi connectivity index (χ1n) is 12.1. The van der Waals surface area contributed by atoms with Crippen LogP contribution in [0.5, 0.6) is 0 Å². The van der Waals surface area contributed by atoms with Crippen LogP contribution in [-0.4, -0.2) is 39.9 Å². The molecule has 0 aliphatic heterocycles. The fourth-order valence-corrected chi connectivity index (χ4v) is 4.24. The number of halogens is 3. The lowest BCUT2D eigenvalue weighted by atomic mass is 10.1. The van der Waals surface area contributed by atoms with Crippen LogP contribution in [-0.2, 0) is 12.7 Å². The minimum Gasteiger partial charge on any atom is -0.355 e. The number of amides is 1. The molecular weight excluding hydrogens is 505 g/mol. The number of alkyl halides is 3. The number of rotatable bonds is 7. The molecule has 7 nitrogen and oxygen atoms in total. The van der Waals surface area contributed by atoms with Crippen LogP contribution in [0, 0.1) is 0 Å². The highest BCUT2D eigenvalue weighted by Gasteiger charge is 2.30. The number of H-pyrrole nitrogens is 1. The van der Waals surface area contributed by atoms with Gasteiger partial charge in [-0.1, -0.05) is 12.1 Å². The smallest absolute Gasteiger partial charge is 0.355 e. The fourth-order valence-electron chi connectivity index (χ4n) is 4.24. The quantitative estimate of drug-likeness (QED) is 0.218. The molecule has 0 fully saturated rings. The predicted molar refractivity (Wildman–Crippen MR) is 146 cm³/mol. The second-order valence-electron chi connectivity index (χ2n) is 9.30. The Kier molecular flexibility index (Phi) is 7.03. The zero-order valence-corrected chi connectivity index (χ0v) is 21.2. The van der Waals surface area contributed by atoms with Gasteiger partial charge in [-0.3, -0.25) is 9.78 Å². The van der Waals surface area contributed by atoms with E-state index in [2.05, 4.69) is 20.6 Å². The second kappa shape index (κ2) is 10.6. The van der Waals surface area contributed by atoms with Gasteiger partial charge in [0.25, 0.3) is 5.91 Å².